The molecule has 4 atom stereocenters. The number of nitrogens with zero attached hydrogens (tertiary/aromatic N) is 2. The summed E-state index contributed by atoms with van der Waals surface area (Å²) in [6, 6.07) is 10.2. The first-order valence-corrected chi connectivity index (χ1v) is 11.1. The van der Waals surface area contributed by atoms with Crippen molar-refractivity contribution < 1.29 is 14.4 Å². The van der Waals surface area contributed by atoms with Gasteiger partial charge in [0.1, 0.15) is 5.54 Å². The number of fused-ring (bicyclic) bond motifs is 7. The quantitative estimate of drug-likeness (QED) is 0.665. The minimum Gasteiger partial charge on any atom is -0.324 e. The normalized spacial score (nSPS) is 31.4. The van der Waals surface area contributed by atoms with E-state index in [1.807, 2.05) is 13.0 Å². The maximum absolute atomic E-state index is 13.8. The molecule has 3 fully saturated rings. The molecule has 6 nitrogen and oxygen atoms in total. The molecule has 4 aliphatic rings. The molecule has 6 rings (SSSR count). The van der Waals surface area contributed by atoms with Gasteiger partial charge in [-0.05, 0) is 56.1 Å². The van der Waals surface area contributed by atoms with Crippen LogP contribution in [0, 0.1) is 18.8 Å². The van der Waals surface area contributed by atoms with Crippen LogP contribution in [0.1, 0.15) is 24.0 Å². The van der Waals surface area contributed by atoms with Crippen molar-refractivity contribution in [3.8, 4) is 0 Å². The Labute approximate surface area is 189 Å². The summed E-state index contributed by atoms with van der Waals surface area (Å²) in [5.74, 6) is -2.20. The van der Waals surface area contributed by atoms with E-state index < -0.39 is 17.4 Å². The maximum atomic E-state index is 13.8. The van der Waals surface area contributed by atoms with E-state index in [9.17, 15) is 14.4 Å². The second kappa shape index (κ2) is 6.31. The van der Waals surface area contributed by atoms with Gasteiger partial charge in [-0.2, -0.15) is 0 Å². The Morgan fingerprint density at radius 3 is 2.68 bits per heavy atom. The van der Waals surface area contributed by atoms with Gasteiger partial charge in [-0.3, -0.25) is 19.3 Å². The summed E-state index contributed by atoms with van der Waals surface area (Å²) in [5.41, 5.74) is 1.42. The Bertz CT molecular complexity index is 1200. The Balaban J connectivity index is 1.57. The van der Waals surface area contributed by atoms with Crippen molar-refractivity contribution in [2.75, 3.05) is 16.8 Å². The zero-order valence-electron chi connectivity index (χ0n) is 16.7. The molecule has 0 aromatic heterocycles. The molecule has 3 saturated heterocycles. The molecular weight excluding hydrogens is 437 g/mol. The highest BCUT2D eigenvalue weighted by Gasteiger charge is 2.74. The second-order valence-corrected chi connectivity index (χ2v) is 9.56. The molecule has 0 unspecified atom stereocenters. The topological polar surface area (TPSA) is 69.7 Å². The van der Waals surface area contributed by atoms with E-state index in [1.54, 1.807) is 30.3 Å². The first kappa shape index (κ1) is 19.3. The number of carbonyl (C=O) groups is 3. The van der Waals surface area contributed by atoms with Crippen molar-refractivity contribution in [1.29, 1.82) is 0 Å². The third kappa shape index (κ3) is 2.20. The number of hydrogen-bond donors (Lipinski definition) is 1. The SMILES string of the molecule is Cc1c(Cl)ccc2c1NC(=O)[C@@]21[C@@H]2C(=O)N(c3cccc(Cl)c3)C(=O)[C@H]2[C@@H]2CCCN21. The van der Waals surface area contributed by atoms with Crippen LogP contribution in [0.25, 0.3) is 0 Å². The zero-order valence-corrected chi connectivity index (χ0v) is 18.2. The number of amides is 3. The third-order valence-corrected chi connectivity index (χ3v) is 8.07. The molecule has 0 bridgehead atoms. The van der Waals surface area contributed by atoms with E-state index in [4.69, 9.17) is 23.2 Å². The fourth-order valence-electron chi connectivity index (χ4n) is 6.26. The van der Waals surface area contributed by atoms with Gasteiger partial charge in [0.05, 0.1) is 23.2 Å². The summed E-state index contributed by atoms with van der Waals surface area (Å²) in [5, 5.41) is 4.00. The van der Waals surface area contributed by atoms with Crippen LogP contribution in [0.4, 0.5) is 11.4 Å². The second-order valence-electron chi connectivity index (χ2n) is 8.71. The molecule has 0 saturated carbocycles. The third-order valence-electron chi connectivity index (χ3n) is 7.43. The Kier molecular flexibility index (Phi) is 3.93. The first-order chi connectivity index (χ1) is 14.9. The number of carbonyl (C=O) groups excluding carboxylic acids is 3. The Hall–Kier alpha value is -2.41. The van der Waals surface area contributed by atoms with Gasteiger partial charge in [-0.1, -0.05) is 35.3 Å². The number of nitrogens with one attached hydrogen (secondary N) is 1. The Morgan fingerprint density at radius 1 is 1.10 bits per heavy atom. The molecule has 8 heteroatoms. The summed E-state index contributed by atoms with van der Waals surface area (Å²) in [6.07, 6.45) is 1.66. The zero-order chi connectivity index (χ0) is 21.7. The molecule has 31 heavy (non-hydrogen) atoms. The molecule has 1 N–H and O–H groups in total. The average Bonchev–Trinajstić information content (AvgIpc) is 3.43. The van der Waals surface area contributed by atoms with Crippen LogP contribution in [0.15, 0.2) is 36.4 Å². The predicted molar refractivity (Wildman–Crippen MR) is 117 cm³/mol. The van der Waals surface area contributed by atoms with Gasteiger partial charge >= 0.3 is 0 Å². The van der Waals surface area contributed by atoms with E-state index in [-0.39, 0.29) is 23.8 Å². The highest BCUT2D eigenvalue weighted by Crippen LogP contribution is 2.61. The molecule has 2 aromatic carbocycles. The fraction of sp³-hybridized carbons (Fsp3) is 0.348. The monoisotopic (exact) mass is 455 g/mol. The number of imide groups is 1. The highest BCUT2D eigenvalue weighted by atomic mass is 35.5. The average molecular weight is 456 g/mol. The summed E-state index contributed by atoms with van der Waals surface area (Å²) >= 11 is 12.5. The van der Waals surface area contributed by atoms with E-state index in [2.05, 4.69) is 10.2 Å². The predicted octanol–water partition coefficient (Wildman–Crippen LogP) is 3.73. The number of rotatable bonds is 1. The summed E-state index contributed by atoms with van der Waals surface area (Å²) in [4.78, 5) is 44.4. The standard InChI is InChI=1S/C23H19Cl2N3O3/c1-11-15(25)8-7-14-19(11)26-22(31)23(14)18-17(16-6-3-9-27(16)23)20(29)28(21(18)30)13-5-2-4-12(24)10-13/h2,4-5,7-8,10,16-18H,3,6,9H2,1H3,(H,26,31)/t16-,17-,18-,23-/m0/s1. The van der Waals surface area contributed by atoms with Crippen molar-refractivity contribution in [3.63, 3.8) is 0 Å². The van der Waals surface area contributed by atoms with Gasteiger partial charge in [0.15, 0.2) is 0 Å². The van der Waals surface area contributed by atoms with Crippen LogP contribution in [0.3, 0.4) is 0 Å². The van der Waals surface area contributed by atoms with Crippen LogP contribution < -0.4 is 10.2 Å². The van der Waals surface area contributed by atoms with E-state index >= 15 is 0 Å². The lowest BCUT2D eigenvalue weighted by Gasteiger charge is -2.36. The minimum absolute atomic E-state index is 0.154. The molecule has 0 aliphatic carbocycles. The van der Waals surface area contributed by atoms with Crippen LogP contribution in [-0.2, 0) is 19.9 Å². The van der Waals surface area contributed by atoms with Gasteiger partial charge in [0, 0.05) is 21.7 Å². The van der Waals surface area contributed by atoms with Crippen molar-refractivity contribution >= 4 is 52.3 Å². The van der Waals surface area contributed by atoms with Crippen molar-refractivity contribution in [2.24, 2.45) is 11.8 Å². The number of hydrogen-bond acceptors (Lipinski definition) is 4. The minimum atomic E-state index is -1.20. The number of benzene rings is 2. The lowest BCUT2D eigenvalue weighted by atomic mass is 9.75. The molecule has 4 aliphatic heterocycles. The number of anilines is 2. The van der Waals surface area contributed by atoms with Crippen LogP contribution in [-0.4, -0.2) is 35.2 Å². The van der Waals surface area contributed by atoms with Gasteiger partial charge in [-0.25, -0.2) is 4.90 Å². The van der Waals surface area contributed by atoms with Crippen molar-refractivity contribution in [1.82, 2.24) is 4.90 Å². The van der Waals surface area contributed by atoms with E-state index in [0.717, 1.165) is 24.0 Å². The molecular formula is C23H19Cl2N3O3. The molecule has 0 radical (unpaired) electrons. The molecule has 158 valence electrons. The lowest BCUT2D eigenvalue weighted by molar-refractivity contribution is -0.135. The summed E-state index contributed by atoms with van der Waals surface area (Å²) < 4.78 is 0. The van der Waals surface area contributed by atoms with Gasteiger partial charge in [0.2, 0.25) is 17.7 Å². The van der Waals surface area contributed by atoms with Gasteiger partial charge in [0.25, 0.3) is 0 Å². The van der Waals surface area contributed by atoms with Crippen LogP contribution in [0.2, 0.25) is 10.0 Å². The lowest BCUT2D eigenvalue weighted by Crippen LogP contribution is -2.54. The van der Waals surface area contributed by atoms with Crippen LogP contribution in [0.5, 0.6) is 0 Å². The fourth-order valence-corrected chi connectivity index (χ4v) is 6.60. The van der Waals surface area contributed by atoms with Crippen LogP contribution >= 0.6 is 23.2 Å². The van der Waals surface area contributed by atoms with E-state index in [0.29, 0.717) is 28.0 Å². The smallest absolute Gasteiger partial charge is 0.250 e. The van der Waals surface area contributed by atoms with E-state index in [1.165, 1.54) is 4.90 Å². The first-order valence-electron chi connectivity index (χ1n) is 10.4. The highest BCUT2D eigenvalue weighted by molar-refractivity contribution is 6.33. The number of halogens is 2. The summed E-state index contributed by atoms with van der Waals surface area (Å²) in [6.45, 7) is 2.53. The van der Waals surface area contributed by atoms with Gasteiger partial charge in [-0.15, -0.1) is 0 Å². The Morgan fingerprint density at radius 2 is 1.90 bits per heavy atom. The van der Waals surface area contributed by atoms with Crippen molar-refractivity contribution in [3.05, 3.63) is 57.6 Å². The maximum Gasteiger partial charge on any atom is 0.250 e. The molecule has 4 heterocycles. The van der Waals surface area contributed by atoms with Gasteiger partial charge < -0.3 is 5.32 Å². The largest absolute Gasteiger partial charge is 0.324 e. The molecule has 3 amide bonds. The van der Waals surface area contributed by atoms with Crippen molar-refractivity contribution in [2.45, 2.75) is 31.3 Å². The molecule has 2 aromatic rings. The molecule has 1 spiro atoms. The summed E-state index contributed by atoms with van der Waals surface area (Å²) in [7, 11) is 0.